The highest BCUT2D eigenvalue weighted by atomic mass is 16.4. The van der Waals surface area contributed by atoms with E-state index in [4.69, 9.17) is 42.7 Å². The van der Waals surface area contributed by atoms with Gasteiger partial charge in [0.05, 0.1) is 6.61 Å². The predicted molar refractivity (Wildman–Crippen MR) is 70.2 cm³/mol. The van der Waals surface area contributed by atoms with E-state index in [0.29, 0.717) is 0 Å². The van der Waals surface area contributed by atoms with Gasteiger partial charge in [-0.15, -0.1) is 0 Å². The maximum atomic E-state index is 9.90. The Kier molecular flexibility index (Phi) is 8.03. The highest BCUT2D eigenvalue weighted by molar-refractivity contribution is 5.56. The number of nitrogens with zero attached hydrogens (tertiary/aromatic N) is 3. The molecule has 1 heterocycles. The molecule has 0 aromatic carbocycles. The van der Waals surface area contributed by atoms with Gasteiger partial charge in [-0.1, -0.05) is 0 Å². The summed E-state index contributed by atoms with van der Waals surface area (Å²) in [7, 11) is 0. The molecule has 12 nitrogen and oxygen atoms in total. The second-order valence-corrected chi connectivity index (χ2v) is 3.77. The van der Waals surface area contributed by atoms with Gasteiger partial charge in [0.1, 0.15) is 24.4 Å². The molecule has 0 saturated carbocycles. The standard InChI is InChI=1S/C6H12O6.C3H6N6/c7-1-3(9)5(11)6(12)4(10)2-8;4-1-7-2(5)9-3(6)8-1/h1,3-6,8-12H,2H2;(H6,4,5,6,7,8,9)/t3-,4+,5+,6+;/m0./s1. The Morgan fingerprint density at radius 2 is 1.29 bits per heavy atom. The number of aromatic nitrogens is 3. The number of rotatable bonds is 5. The molecular weight excluding hydrogens is 288 g/mol. The van der Waals surface area contributed by atoms with Crippen molar-refractivity contribution in [1.29, 1.82) is 0 Å². The van der Waals surface area contributed by atoms with Crippen LogP contribution >= 0.6 is 0 Å². The number of aliphatic hydroxyl groups excluding tert-OH is 5. The maximum Gasteiger partial charge on any atom is 0.226 e. The van der Waals surface area contributed by atoms with Crippen LogP contribution < -0.4 is 17.2 Å². The molecule has 11 N–H and O–H groups in total. The average molecular weight is 306 g/mol. The molecule has 0 aliphatic carbocycles. The van der Waals surface area contributed by atoms with Crippen molar-refractivity contribution in [2.24, 2.45) is 0 Å². The van der Waals surface area contributed by atoms with Gasteiger partial charge < -0.3 is 47.5 Å². The first-order chi connectivity index (χ1) is 9.72. The van der Waals surface area contributed by atoms with Gasteiger partial charge in [-0.3, -0.25) is 0 Å². The Morgan fingerprint density at radius 3 is 1.57 bits per heavy atom. The summed E-state index contributed by atoms with van der Waals surface area (Å²) < 4.78 is 0. The van der Waals surface area contributed by atoms with E-state index >= 15 is 0 Å². The maximum absolute atomic E-state index is 9.90. The fourth-order valence-electron chi connectivity index (χ4n) is 1.05. The van der Waals surface area contributed by atoms with Crippen LogP contribution in [-0.2, 0) is 4.79 Å². The van der Waals surface area contributed by atoms with Gasteiger partial charge in [0.2, 0.25) is 17.8 Å². The Hall–Kier alpha value is -2.12. The van der Waals surface area contributed by atoms with Crippen LogP contribution in [0, 0.1) is 0 Å². The quantitative estimate of drug-likeness (QED) is 0.239. The summed E-state index contributed by atoms with van der Waals surface area (Å²) in [6, 6.07) is 0. The van der Waals surface area contributed by atoms with Crippen molar-refractivity contribution in [2.45, 2.75) is 24.4 Å². The molecule has 4 atom stereocenters. The Bertz CT molecular complexity index is 398. The number of nitrogen functional groups attached to an aromatic ring is 3. The van der Waals surface area contributed by atoms with E-state index in [9.17, 15) is 4.79 Å². The number of aldehydes is 1. The smallest absolute Gasteiger partial charge is 0.226 e. The fourth-order valence-corrected chi connectivity index (χ4v) is 1.05. The van der Waals surface area contributed by atoms with E-state index in [1.807, 2.05) is 0 Å². The summed E-state index contributed by atoms with van der Waals surface area (Å²) >= 11 is 0. The molecule has 0 aliphatic heterocycles. The molecule has 1 aromatic heterocycles. The lowest BCUT2D eigenvalue weighted by atomic mass is 10.0. The number of hydrogen-bond donors (Lipinski definition) is 8. The largest absolute Gasteiger partial charge is 0.394 e. The summed E-state index contributed by atoms with van der Waals surface area (Å²) in [5.41, 5.74) is 15.4. The normalized spacial score (nSPS) is 16.0. The van der Waals surface area contributed by atoms with Gasteiger partial charge in [0.25, 0.3) is 0 Å². The first-order valence-electron chi connectivity index (χ1n) is 5.53. The van der Waals surface area contributed by atoms with Gasteiger partial charge in [-0.25, -0.2) is 0 Å². The van der Waals surface area contributed by atoms with E-state index in [1.54, 1.807) is 0 Å². The SMILES string of the molecule is Nc1nc(N)nc(N)n1.O=C[C@H](O)[C@@H](O)[C@H](O)[C@H](O)CO. The monoisotopic (exact) mass is 306 g/mol. The Morgan fingerprint density at radius 1 is 0.905 bits per heavy atom. The Balaban J connectivity index is 0.000000394. The molecule has 0 amide bonds. The van der Waals surface area contributed by atoms with Gasteiger partial charge in [-0.05, 0) is 0 Å². The van der Waals surface area contributed by atoms with Crippen LogP contribution in [-0.4, -0.2) is 77.8 Å². The molecule has 120 valence electrons. The lowest BCUT2D eigenvalue weighted by molar-refractivity contribution is -0.136. The molecule has 0 radical (unpaired) electrons. The van der Waals surface area contributed by atoms with Gasteiger partial charge in [-0.2, -0.15) is 15.0 Å². The summed E-state index contributed by atoms with van der Waals surface area (Å²) in [6.07, 6.45) is -6.84. The first-order valence-corrected chi connectivity index (χ1v) is 5.53. The highest BCUT2D eigenvalue weighted by Crippen LogP contribution is 2.03. The zero-order chi connectivity index (χ0) is 16.6. The molecule has 21 heavy (non-hydrogen) atoms. The summed E-state index contributed by atoms with van der Waals surface area (Å²) in [6.45, 7) is -0.760. The fraction of sp³-hybridized carbons (Fsp3) is 0.556. The van der Waals surface area contributed by atoms with Crippen LogP contribution in [0.1, 0.15) is 0 Å². The van der Waals surface area contributed by atoms with Gasteiger partial charge in [0, 0.05) is 0 Å². The molecule has 0 spiro atoms. The predicted octanol–water partition coefficient (Wildman–Crippen LogP) is -4.76. The lowest BCUT2D eigenvalue weighted by Gasteiger charge is -2.22. The number of carbonyl (C=O) groups excluding carboxylic acids is 1. The minimum absolute atomic E-state index is 0.0258. The van der Waals surface area contributed by atoms with Gasteiger partial charge in [0.15, 0.2) is 6.29 Å². The van der Waals surface area contributed by atoms with E-state index in [1.165, 1.54) is 0 Å². The van der Waals surface area contributed by atoms with Crippen LogP contribution in [0.4, 0.5) is 17.8 Å². The number of aliphatic hydroxyl groups is 5. The second kappa shape index (κ2) is 8.93. The van der Waals surface area contributed by atoms with E-state index < -0.39 is 31.0 Å². The third kappa shape index (κ3) is 6.73. The first kappa shape index (κ1) is 18.9. The molecule has 1 aromatic rings. The van der Waals surface area contributed by atoms with Crippen LogP contribution in [0.5, 0.6) is 0 Å². The number of nitrogens with two attached hydrogens (primary N) is 3. The third-order valence-corrected chi connectivity index (χ3v) is 2.11. The van der Waals surface area contributed by atoms with Crippen molar-refractivity contribution in [3.05, 3.63) is 0 Å². The van der Waals surface area contributed by atoms with Crippen molar-refractivity contribution in [2.75, 3.05) is 23.8 Å². The van der Waals surface area contributed by atoms with E-state index in [-0.39, 0.29) is 24.1 Å². The zero-order valence-corrected chi connectivity index (χ0v) is 10.8. The van der Waals surface area contributed by atoms with Crippen LogP contribution in [0.3, 0.4) is 0 Å². The van der Waals surface area contributed by atoms with Crippen molar-refractivity contribution in [3.8, 4) is 0 Å². The average Bonchev–Trinajstić information content (AvgIpc) is 2.43. The van der Waals surface area contributed by atoms with Crippen molar-refractivity contribution in [3.63, 3.8) is 0 Å². The van der Waals surface area contributed by atoms with E-state index in [0.717, 1.165) is 0 Å². The third-order valence-electron chi connectivity index (χ3n) is 2.11. The molecule has 1 rings (SSSR count). The Labute approximate surface area is 118 Å². The summed E-state index contributed by atoms with van der Waals surface area (Å²) in [5.74, 6) is 0.125. The minimum atomic E-state index is -1.79. The van der Waals surface area contributed by atoms with Crippen LogP contribution in [0.15, 0.2) is 0 Å². The van der Waals surface area contributed by atoms with Gasteiger partial charge >= 0.3 is 0 Å². The van der Waals surface area contributed by atoms with Crippen molar-refractivity contribution < 1.29 is 30.3 Å². The minimum Gasteiger partial charge on any atom is -0.394 e. The molecule has 0 bridgehead atoms. The van der Waals surface area contributed by atoms with Crippen molar-refractivity contribution in [1.82, 2.24) is 15.0 Å². The van der Waals surface area contributed by atoms with E-state index in [2.05, 4.69) is 15.0 Å². The van der Waals surface area contributed by atoms with Crippen molar-refractivity contribution >= 4 is 24.1 Å². The molecule has 0 saturated heterocycles. The van der Waals surface area contributed by atoms with Crippen LogP contribution in [0.25, 0.3) is 0 Å². The molecule has 0 unspecified atom stereocenters. The lowest BCUT2D eigenvalue weighted by Crippen LogP contribution is -2.46. The number of anilines is 3. The zero-order valence-electron chi connectivity index (χ0n) is 10.8. The molecule has 12 heteroatoms. The number of carbonyl (C=O) groups is 1. The topological polar surface area (TPSA) is 235 Å². The summed E-state index contributed by atoms with van der Waals surface area (Å²) in [4.78, 5) is 20.4. The molecule has 0 fully saturated rings. The number of hydrogen-bond acceptors (Lipinski definition) is 12. The molecule has 0 aliphatic rings. The van der Waals surface area contributed by atoms with Crippen LogP contribution in [0.2, 0.25) is 0 Å². The molecular formula is C9H18N6O6. The summed E-state index contributed by atoms with van der Waals surface area (Å²) in [5, 5.41) is 43.5. The second-order valence-electron chi connectivity index (χ2n) is 3.77. The highest BCUT2D eigenvalue weighted by Gasteiger charge is 2.29.